The summed E-state index contributed by atoms with van der Waals surface area (Å²) in [6, 6.07) is 13.7. The molecule has 1 aliphatic heterocycles. The molecule has 0 aliphatic carbocycles. The summed E-state index contributed by atoms with van der Waals surface area (Å²) in [6.07, 6.45) is 0.549. The van der Waals surface area contributed by atoms with Crippen molar-refractivity contribution in [3.8, 4) is 0 Å². The van der Waals surface area contributed by atoms with Gasteiger partial charge in [0.05, 0.1) is 4.90 Å². The minimum absolute atomic E-state index is 0.00838. The van der Waals surface area contributed by atoms with E-state index in [2.05, 4.69) is 13.8 Å². The predicted molar refractivity (Wildman–Crippen MR) is 107 cm³/mol. The Morgan fingerprint density at radius 3 is 2.14 bits per heavy atom. The molecular formula is C21H24N2O4S. The van der Waals surface area contributed by atoms with Crippen LogP contribution in [0.15, 0.2) is 53.4 Å². The Balaban J connectivity index is 1.70. The van der Waals surface area contributed by atoms with E-state index in [0.29, 0.717) is 30.9 Å². The minimum Gasteiger partial charge on any atom is -0.336 e. The summed E-state index contributed by atoms with van der Waals surface area (Å²) in [5.41, 5.74) is 1.92. The number of carbonyl (C=O) groups excluding carboxylic acids is 2. The molecule has 0 saturated carbocycles. The van der Waals surface area contributed by atoms with Crippen molar-refractivity contribution < 1.29 is 18.0 Å². The SMILES string of the molecule is CC(C)c1ccc(C(=O)N2CCN(S(=O)(=O)c3ccccc3C=O)CC2)cc1. The molecule has 1 aliphatic rings. The molecule has 0 spiro atoms. The summed E-state index contributed by atoms with van der Waals surface area (Å²) in [7, 11) is -3.77. The van der Waals surface area contributed by atoms with E-state index in [4.69, 9.17) is 0 Å². The van der Waals surface area contributed by atoms with Gasteiger partial charge in [-0.1, -0.05) is 44.2 Å². The molecule has 0 unspecified atom stereocenters. The fourth-order valence-corrected chi connectivity index (χ4v) is 4.86. The number of piperazine rings is 1. The molecule has 0 radical (unpaired) electrons. The molecule has 1 saturated heterocycles. The highest BCUT2D eigenvalue weighted by Crippen LogP contribution is 2.21. The summed E-state index contributed by atoms with van der Waals surface area (Å²) in [5.74, 6) is 0.299. The van der Waals surface area contributed by atoms with Gasteiger partial charge >= 0.3 is 0 Å². The van der Waals surface area contributed by atoms with Crippen molar-refractivity contribution in [1.29, 1.82) is 0 Å². The van der Waals surface area contributed by atoms with Gasteiger partial charge < -0.3 is 4.90 Å². The van der Waals surface area contributed by atoms with E-state index in [9.17, 15) is 18.0 Å². The Hall–Kier alpha value is -2.51. The van der Waals surface area contributed by atoms with Crippen LogP contribution in [-0.2, 0) is 10.0 Å². The van der Waals surface area contributed by atoms with Crippen molar-refractivity contribution in [3.63, 3.8) is 0 Å². The summed E-state index contributed by atoms with van der Waals surface area (Å²) >= 11 is 0. The zero-order valence-corrected chi connectivity index (χ0v) is 16.9. The molecule has 1 fully saturated rings. The van der Waals surface area contributed by atoms with Gasteiger partial charge in [0.25, 0.3) is 5.91 Å². The molecule has 1 heterocycles. The van der Waals surface area contributed by atoms with Crippen molar-refractivity contribution in [1.82, 2.24) is 9.21 Å². The number of amides is 1. The second-order valence-electron chi connectivity index (χ2n) is 7.13. The smallest absolute Gasteiger partial charge is 0.253 e. The van der Waals surface area contributed by atoms with Crippen molar-refractivity contribution in [2.24, 2.45) is 0 Å². The average Bonchev–Trinajstić information content (AvgIpc) is 2.73. The van der Waals surface area contributed by atoms with Gasteiger partial charge in [-0.15, -0.1) is 0 Å². The molecule has 28 heavy (non-hydrogen) atoms. The third-order valence-corrected chi connectivity index (χ3v) is 6.99. The van der Waals surface area contributed by atoms with Crippen molar-refractivity contribution in [2.75, 3.05) is 26.2 Å². The van der Waals surface area contributed by atoms with Gasteiger partial charge in [0.1, 0.15) is 0 Å². The molecule has 6 nitrogen and oxygen atoms in total. The van der Waals surface area contributed by atoms with Gasteiger partial charge in [0, 0.05) is 37.3 Å². The molecule has 2 aromatic rings. The second kappa shape index (κ2) is 8.24. The molecule has 148 valence electrons. The van der Waals surface area contributed by atoms with E-state index < -0.39 is 10.0 Å². The lowest BCUT2D eigenvalue weighted by atomic mass is 10.0. The standard InChI is InChI=1S/C21H24N2O4S/c1-16(2)17-7-9-18(10-8-17)21(25)22-11-13-23(14-12-22)28(26,27)20-6-4-3-5-19(20)15-24/h3-10,15-16H,11-14H2,1-2H3. The number of nitrogens with zero attached hydrogens (tertiary/aromatic N) is 2. The van der Waals surface area contributed by atoms with Crippen LogP contribution < -0.4 is 0 Å². The van der Waals surface area contributed by atoms with E-state index in [1.54, 1.807) is 17.0 Å². The first-order chi connectivity index (χ1) is 13.3. The zero-order valence-electron chi connectivity index (χ0n) is 16.0. The van der Waals surface area contributed by atoms with Crippen LogP contribution in [0.1, 0.15) is 46.0 Å². The summed E-state index contributed by atoms with van der Waals surface area (Å²) in [4.78, 5) is 25.6. The lowest BCUT2D eigenvalue weighted by molar-refractivity contribution is 0.0698. The molecule has 3 rings (SSSR count). The largest absolute Gasteiger partial charge is 0.336 e. The van der Waals surface area contributed by atoms with Gasteiger partial charge in [-0.25, -0.2) is 8.42 Å². The Morgan fingerprint density at radius 2 is 1.57 bits per heavy atom. The molecule has 0 atom stereocenters. The normalized spacial score (nSPS) is 15.6. The first-order valence-corrected chi connectivity index (χ1v) is 10.7. The van der Waals surface area contributed by atoms with Crippen molar-refractivity contribution in [2.45, 2.75) is 24.7 Å². The number of benzene rings is 2. The number of hydrogen-bond donors (Lipinski definition) is 0. The number of aldehydes is 1. The fourth-order valence-electron chi connectivity index (χ4n) is 3.28. The maximum atomic E-state index is 12.9. The molecule has 1 amide bonds. The fraction of sp³-hybridized carbons (Fsp3) is 0.333. The molecule has 0 N–H and O–H groups in total. The highest BCUT2D eigenvalue weighted by Gasteiger charge is 2.31. The maximum absolute atomic E-state index is 12.9. The second-order valence-corrected chi connectivity index (χ2v) is 9.04. The van der Waals surface area contributed by atoms with Crippen LogP contribution in [-0.4, -0.2) is 56.0 Å². The van der Waals surface area contributed by atoms with Crippen LogP contribution in [0, 0.1) is 0 Å². The van der Waals surface area contributed by atoms with Gasteiger partial charge in [-0.3, -0.25) is 9.59 Å². The van der Waals surface area contributed by atoms with Gasteiger partial charge in [-0.2, -0.15) is 4.31 Å². The van der Waals surface area contributed by atoms with E-state index in [1.807, 2.05) is 24.3 Å². The number of sulfonamides is 1. The van der Waals surface area contributed by atoms with E-state index in [1.165, 1.54) is 22.0 Å². The van der Waals surface area contributed by atoms with E-state index in [0.717, 1.165) is 0 Å². The quantitative estimate of drug-likeness (QED) is 0.724. The predicted octanol–water partition coefficient (Wildman–Crippen LogP) is 2.77. The van der Waals surface area contributed by atoms with E-state index in [-0.39, 0.29) is 29.5 Å². The van der Waals surface area contributed by atoms with Crippen LogP contribution in [0.4, 0.5) is 0 Å². The number of rotatable bonds is 5. The third kappa shape index (κ3) is 4.00. The summed E-state index contributed by atoms with van der Waals surface area (Å²) < 4.78 is 27.1. The molecule has 2 aromatic carbocycles. The van der Waals surface area contributed by atoms with Crippen LogP contribution in [0.5, 0.6) is 0 Å². The van der Waals surface area contributed by atoms with Gasteiger partial charge in [-0.05, 0) is 29.7 Å². The topological polar surface area (TPSA) is 74.8 Å². The van der Waals surface area contributed by atoms with Crippen LogP contribution in [0.3, 0.4) is 0 Å². The van der Waals surface area contributed by atoms with Crippen molar-refractivity contribution >= 4 is 22.2 Å². The average molecular weight is 401 g/mol. The first kappa shape index (κ1) is 20.2. The Kier molecular flexibility index (Phi) is 5.96. The Bertz CT molecular complexity index is 960. The third-order valence-electron chi connectivity index (χ3n) is 5.01. The Morgan fingerprint density at radius 1 is 0.964 bits per heavy atom. The summed E-state index contributed by atoms with van der Waals surface area (Å²) in [5, 5.41) is 0. The number of carbonyl (C=O) groups is 2. The zero-order chi connectivity index (χ0) is 20.3. The lowest BCUT2D eigenvalue weighted by Crippen LogP contribution is -2.50. The van der Waals surface area contributed by atoms with Gasteiger partial charge in [0.2, 0.25) is 10.0 Å². The number of hydrogen-bond acceptors (Lipinski definition) is 4. The highest BCUT2D eigenvalue weighted by atomic mass is 32.2. The molecule has 7 heteroatoms. The minimum atomic E-state index is -3.77. The van der Waals surface area contributed by atoms with E-state index >= 15 is 0 Å². The molecule has 0 aromatic heterocycles. The summed E-state index contributed by atoms with van der Waals surface area (Å²) in [6.45, 7) is 5.22. The van der Waals surface area contributed by atoms with Crippen molar-refractivity contribution in [3.05, 3.63) is 65.2 Å². The molecule has 0 bridgehead atoms. The van der Waals surface area contributed by atoms with Crippen LogP contribution in [0.25, 0.3) is 0 Å². The van der Waals surface area contributed by atoms with Crippen LogP contribution in [0.2, 0.25) is 0 Å². The highest BCUT2D eigenvalue weighted by molar-refractivity contribution is 7.89. The molecular weight excluding hydrogens is 376 g/mol. The first-order valence-electron chi connectivity index (χ1n) is 9.28. The Labute approximate surface area is 165 Å². The van der Waals surface area contributed by atoms with Gasteiger partial charge in [0.15, 0.2) is 6.29 Å². The van der Waals surface area contributed by atoms with Crippen LogP contribution >= 0.6 is 0 Å². The monoisotopic (exact) mass is 400 g/mol. The maximum Gasteiger partial charge on any atom is 0.253 e. The lowest BCUT2D eigenvalue weighted by Gasteiger charge is -2.34.